The van der Waals surface area contributed by atoms with Gasteiger partial charge in [-0.1, -0.05) is 58.0 Å². The number of benzene rings is 1. The van der Waals surface area contributed by atoms with Crippen molar-refractivity contribution in [3.05, 3.63) is 35.9 Å². The zero-order valence-corrected chi connectivity index (χ0v) is 18.2. The number of carbonyl (C=O) groups excluding carboxylic acids is 2. The van der Waals surface area contributed by atoms with Gasteiger partial charge in [0.1, 0.15) is 5.54 Å². The van der Waals surface area contributed by atoms with Crippen molar-refractivity contribution in [2.45, 2.75) is 58.7 Å². The van der Waals surface area contributed by atoms with Crippen LogP contribution in [0.3, 0.4) is 0 Å². The van der Waals surface area contributed by atoms with Crippen molar-refractivity contribution < 1.29 is 9.59 Å². The van der Waals surface area contributed by atoms with E-state index in [1.807, 2.05) is 6.07 Å². The zero-order chi connectivity index (χ0) is 20.8. The van der Waals surface area contributed by atoms with Gasteiger partial charge in [0.15, 0.2) is 0 Å². The number of carbonyl (C=O) groups is 2. The fourth-order valence-electron chi connectivity index (χ4n) is 6.02. The molecule has 0 spiro atoms. The molecule has 5 atom stereocenters. The summed E-state index contributed by atoms with van der Waals surface area (Å²) in [6.45, 7) is 11.1. The number of piperidine rings is 2. The van der Waals surface area contributed by atoms with Crippen LogP contribution in [0.5, 0.6) is 0 Å². The highest BCUT2D eigenvalue weighted by Crippen LogP contribution is 2.54. The molecule has 2 amide bonds. The van der Waals surface area contributed by atoms with E-state index >= 15 is 0 Å². The monoisotopic (exact) mass is 397 g/mol. The predicted octanol–water partition coefficient (Wildman–Crippen LogP) is 2.81. The predicted molar refractivity (Wildman–Crippen MR) is 114 cm³/mol. The summed E-state index contributed by atoms with van der Waals surface area (Å²) in [5, 5.41) is 6.37. The lowest BCUT2D eigenvalue weighted by Gasteiger charge is -2.55. The van der Waals surface area contributed by atoms with E-state index < -0.39 is 5.54 Å². The number of likely N-dealkylation sites (tertiary alicyclic amines) is 1. The van der Waals surface area contributed by atoms with Crippen LogP contribution in [0.1, 0.15) is 46.1 Å². The summed E-state index contributed by atoms with van der Waals surface area (Å²) in [5.41, 5.74) is 0.518. The summed E-state index contributed by atoms with van der Waals surface area (Å²) in [5.74, 6) is 1.42. The molecule has 5 rings (SSSR count). The van der Waals surface area contributed by atoms with E-state index in [2.05, 4.69) is 67.5 Å². The third kappa shape index (κ3) is 3.58. The zero-order valence-electron chi connectivity index (χ0n) is 18.2. The Morgan fingerprint density at radius 3 is 2.59 bits per heavy atom. The highest BCUT2D eigenvalue weighted by atomic mass is 16.2. The molecule has 1 aromatic rings. The average Bonchev–Trinajstić information content (AvgIpc) is 2.97. The lowest BCUT2D eigenvalue weighted by atomic mass is 9.57. The molecule has 3 heterocycles. The summed E-state index contributed by atoms with van der Waals surface area (Å²) >= 11 is 0. The molecule has 3 aliphatic heterocycles. The highest BCUT2D eigenvalue weighted by molar-refractivity contribution is 5.96. The maximum Gasteiger partial charge on any atom is 0.246 e. The van der Waals surface area contributed by atoms with E-state index in [9.17, 15) is 9.59 Å². The molecule has 0 radical (unpaired) electrons. The second-order valence-electron chi connectivity index (χ2n) is 10.2. The van der Waals surface area contributed by atoms with Gasteiger partial charge in [-0.3, -0.25) is 14.5 Å². The molecule has 4 aliphatic rings. The normalized spacial score (nSPS) is 33.4. The largest absolute Gasteiger partial charge is 0.354 e. The molecule has 1 saturated carbocycles. The number of nitrogens with one attached hydrogen (secondary N) is 2. The van der Waals surface area contributed by atoms with Gasteiger partial charge in [0.2, 0.25) is 11.8 Å². The van der Waals surface area contributed by atoms with Crippen LogP contribution in [0, 0.1) is 29.6 Å². The molecule has 2 N–H and O–H groups in total. The Kier molecular flexibility index (Phi) is 5.45. The van der Waals surface area contributed by atoms with Crippen molar-refractivity contribution in [1.82, 2.24) is 15.5 Å². The minimum Gasteiger partial charge on any atom is -0.354 e. The Morgan fingerprint density at radius 2 is 1.93 bits per heavy atom. The summed E-state index contributed by atoms with van der Waals surface area (Å²) < 4.78 is 0. The third-order valence-corrected chi connectivity index (χ3v) is 7.07. The molecule has 0 unspecified atom stereocenters. The van der Waals surface area contributed by atoms with Crippen molar-refractivity contribution in [2.24, 2.45) is 29.6 Å². The second-order valence-corrected chi connectivity index (χ2v) is 10.2. The van der Waals surface area contributed by atoms with Crippen molar-refractivity contribution in [3.63, 3.8) is 0 Å². The maximum atomic E-state index is 13.5. The maximum absolute atomic E-state index is 13.5. The Bertz CT molecular complexity index is 763. The first-order chi connectivity index (χ1) is 13.8. The van der Waals surface area contributed by atoms with E-state index in [0.29, 0.717) is 18.4 Å². The fourth-order valence-corrected chi connectivity index (χ4v) is 6.02. The Balaban J connectivity index is 1.66. The van der Waals surface area contributed by atoms with E-state index in [0.717, 1.165) is 25.9 Å². The minimum atomic E-state index is -0.758. The smallest absolute Gasteiger partial charge is 0.246 e. The minimum absolute atomic E-state index is 0.0160. The third-order valence-electron chi connectivity index (χ3n) is 7.07. The van der Waals surface area contributed by atoms with Gasteiger partial charge < -0.3 is 10.6 Å². The van der Waals surface area contributed by atoms with E-state index in [1.54, 1.807) is 0 Å². The first-order valence-corrected chi connectivity index (χ1v) is 11.2. The summed E-state index contributed by atoms with van der Waals surface area (Å²) in [4.78, 5) is 29.0. The van der Waals surface area contributed by atoms with Gasteiger partial charge in [0, 0.05) is 31.6 Å². The second kappa shape index (κ2) is 7.75. The summed E-state index contributed by atoms with van der Waals surface area (Å²) in [6, 6.07) is 10.6. The van der Waals surface area contributed by atoms with Crippen molar-refractivity contribution in [2.75, 3.05) is 13.1 Å². The highest BCUT2D eigenvalue weighted by Gasteiger charge is 2.67. The number of fused-ring (bicyclic) bond motifs is 1. The molecular formula is C24H35N3O2. The lowest BCUT2D eigenvalue weighted by molar-refractivity contribution is -0.155. The average molecular weight is 398 g/mol. The van der Waals surface area contributed by atoms with E-state index in [-0.39, 0.29) is 35.6 Å². The number of hydrogen-bond donors (Lipinski definition) is 2. The van der Waals surface area contributed by atoms with Gasteiger partial charge in [0.05, 0.1) is 5.92 Å². The SMILES string of the molecule is CC(C)CNC(=O)[C@@]12C[C@@H]3CN(Cc4ccccc4)[C@H]([C@@H]3C(=O)N1)[C@@H]2CC(C)C. The Morgan fingerprint density at radius 1 is 1.21 bits per heavy atom. The van der Waals surface area contributed by atoms with Crippen LogP contribution in [-0.2, 0) is 16.1 Å². The van der Waals surface area contributed by atoms with Gasteiger partial charge in [-0.05, 0) is 36.2 Å². The molecule has 1 aromatic carbocycles. The Labute approximate surface area is 174 Å². The van der Waals surface area contributed by atoms with Crippen LogP contribution in [-0.4, -0.2) is 41.4 Å². The van der Waals surface area contributed by atoms with Crippen LogP contribution in [0.2, 0.25) is 0 Å². The molecule has 158 valence electrons. The van der Waals surface area contributed by atoms with Crippen molar-refractivity contribution in [3.8, 4) is 0 Å². The quantitative estimate of drug-likeness (QED) is 0.744. The molecule has 0 aromatic heterocycles. The van der Waals surface area contributed by atoms with Gasteiger partial charge in [-0.15, -0.1) is 0 Å². The molecular weight excluding hydrogens is 362 g/mol. The van der Waals surface area contributed by atoms with E-state index in [1.165, 1.54) is 5.56 Å². The van der Waals surface area contributed by atoms with Crippen LogP contribution >= 0.6 is 0 Å². The Hall–Kier alpha value is -1.88. The molecule has 4 fully saturated rings. The summed E-state index contributed by atoms with van der Waals surface area (Å²) in [7, 11) is 0. The lowest BCUT2D eigenvalue weighted by Crippen LogP contribution is -2.76. The molecule has 1 aliphatic carbocycles. The van der Waals surface area contributed by atoms with Gasteiger partial charge >= 0.3 is 0 Å². The standard InChI is InChI=1S/C24H35N3O2/c1-15(2)10-19-21-20-18(14-27(21)13-17-8-6-5-7-9-17)11-24(19,26-22(20)28)23(29)25-12-16(3)4/h5-9,15-16,18-21H,10-14H2,1-4H3,(H,25,29)(H,26,28)/t18-,19+,20-,21+,24+/m1/s1. The van der Waals surface area contributed by atoms with Crippen molar-refractivity contribution in [1.29, 1.82) is 0 Å². The van der Waals surface area contributed by atoms with Gasteiger partial charge in [0.25, 0.3) is 0 Å². The molecule has 29 heavy (non-hydrogen) atoms. The summed E-state index contributed by atoms with van der Waals surface area (Å²) in [6.07, 6.45) is 1.72. The van der Waals surface area contributed by atoms with Crippen LogP contribution < -0.4 is 10.6 Å². The van der Waals surface area contributed by atoms with Gasteiger partial charge in [-0.25, -0.2) is 0 Å². The number of amides is 2. The molecule has 5 nitrogen and oxygen atoms in total. The van der Waals surface area contributed by atoms with Crippen molar-refractivity contribution >= 4 is 11.8 Å². The van der Waals surface area contributed by atoms with E-state index in [4.69, 9.17) is 0 Å². The number of hydrogen-bond acceptors (Lipinski definition) is 3. The molecule has 3 saturated heterocycles. The van der Waals surface area contributed by atoms with Gasteiger partial charge in [-0.2, -0.15) is 0 Å². The first-order valence-electron chi connectivity index (χ1n) is 11.2. The number of nitrogens with zero attached hydrogens (tertiary/aromatic N) is 1. The van der Waals surface area contributed by atoms with Crippen LogP contribution in [0.25, 0.3) is 0 Å². The van der Waals surface area contributed by atoms with Crippen LogP contribution in [0.4, 0.5) is 0 Å². The molecule has 5 heteroatoms. The molecule has 4 bridgehead atoms. The fraction of sp³-hybridized carbons (Fsp3) is 0.667. The first kappa shape index (κ1) is 20.4. The topological polar surface area (TPSA) is 61.4 Å². The van der Waals surface area contributed by atoms with Crippen LogP contribution in [0.15, 0.2) is 30.3 Å². The number of rotatable bonds is 7.